The lowest BCUT2D eigenvalue weighted by Crippen LogP contribution is -2.60. The number of carbonyl (C=O) groups excluding carboxylic acids is 3. The molecule has 0 bridgehead atoms. The van der Waals surface area contributed by atoms with E-state index in [2.05, 4.69) is 11.9 Å². The average Bonchev–Trinajstić information content (AvgIpc) is 3.13. The summed E-state index contributed by atoms with van der Waals surface area (Å²) in [6.07, 6.45) is 6.12. The Morgan fingerprint density at radius 3 is 2.72 bits per heavy atom. The lowest BCUT2D eigenvalue weighted by atomic mass is 9.46. The SMILES string of the molecule is CC12CCC(=O)C=C1CCC1C2C(=O)CC2(C)C1CC[C@]2(O)C(=O)CSc1ccc2ccccc2n1. The highest BCUT2D eigenvalue weighted by atomic mass is 32.2. The van der Waals surface area contributed by atoms with Crippen molar-refractivity contribution in [2.24, 2.45) is 28.6 Å². The van der Waals surface area contributed by atoms with Crippen LogP contribution in [0.15, 0.2) is 53.1 Å². The van der Waals surface area contributed by atoms with E-state index in [0.717, 1.165) is 47.2 Å². The van der Waals surface area contributed by atoms with Crippen molar-refractivity contribution in [3.8, 4) is 0 Å². The first kappa shape index (κ1) is 24.1. The number of Topliss-reactive ketones (excluding diaryl/α,β-unsaturated/α-hetero) is 2. The van der Waals surface area contributed by atoms with E-state index in [4.69, 9.17) is 0 Å². The van der Waals surface area contributed by atoms with E-state index >= 15 is 0 Å². The summed E-state index contributed by atoms with van der Waals surface area (Å²) < 4.78 is 0. The Hall–Kier alpha value is -2.31. The minimum atomic E-state index is -1.50. The Balaban J connectivity index is 1.24. The van der Waals surface area contributed by atoms with Gasteiger partial charge in [0.2, 0.25) is 0 Å². The van der Waals surface area contributed by atoms with Crippen molar-refractivity contribution in [3.05, 3.63) is 48.0 Å². The predicted molar refractivity (Wildman–Crippen MR) is 140 cm³/mol. The van der Waals surface area contributed by atoms with Gasteiger partial charge in [-0.2, -0.15) is 0 Å². The Morgan fingerprint density at radius 2 is 1.89 bits per heavy atom. The zero-order chi connectivity index (χ0) is 25.3. The molecule has 36 heavy (non-hydrogen) atoms. The number of aliphatic hydroxyl groups is 1. The van der Waals surface area contributed by atoms with Gasteiger partial charge in [-0.1, -0.05) is 55.4 Å². The van der Waals surface area contributed by atoms with Gasteiger partial charge in [0.15, 0.2) is 11.6 Å². The molecular formula is C30H33NO4S. The van der Waals surface area contributed by atoms with E-state index in [9.17, 15) is 19.5 Å². The maximum atomic E-state index is 13.8. The summed E-state index contributed by atoms with van der Waals surface area (Å²) >= 11 is 1.36. The Bertz CT molecular complexity index is 1320. The molecular weight excluding hydrogens is 470 g/mol. The van der Waals surface area contributed by atoms with Crippen LogP contribution < -0.4 is 0 Å². The molecule has 188 valence electrons. The van der Waals surface area contributed by atoms with Crippen LogP contribution in [0.5, 0.6) is 0 Å². The van der Waals surface area contributed by atoms with Crippen molar-refractivity contribution >= 4 is 40.0 Å². The smallest absolute Gasteiger partial charge is 0.175 e. The second kappa shape index (κ2) is 8.35. The van der Waals surface area contributed by atoms with Crippen molar-refractivity contribution in [2.75, 3.05) is 5.75 Å². The summed E-state index contributed by atoms with van der Waals surface area (Å²) in [5.74, 6) is 0.463. The topological polar surface area (TPSA) is 84.3 Å². The number of aromatic nitrogens is 1. The van der Waals surface area contributed by atoms with Crippen molar-refractivity contribution in [2.45, 2.75) is 69.4 Å². The fraction of sp³-hybridized carbons (Fsp3) is 0.533. The lowest BCUT2D eigenvalue weighted by molar-refractivity contribution is -0.167. The number of allylic oxidation sites excluding steroid dienone is 1. The molecule has 2 aromatic rings. The molecule has 6 rings (SSSR count). The number of rotatable bonds is 4. The number of hydrogen-bond donors (Lipinski definition) is 1. The number of fused-ring (bicyclic) bond motifs is 6. The van der Waals surface area contributed by atoms with Crippen molar-refractivity contribution in [3.63, 3.8) is 0 Å². The van der Waals surface area contributed by atoms with Gasteiger partial charge in [0, 0.05) is 29.6 Å². The largest absolute Gasteiger partial charge is 0.381 e. The molecule has 1 aromatic carbocycles. The normalized spacial score (nSPS) is 37.8. The Labute approximate surface area is 216 Å². The van der Waals surface area contributed by atoms with Gasteiger partial charge in [0.1, 0.15) is 11.4 Å². The summed E-state index contributed by atoms with van der Waals surface area (Å²) in [5, 5.41) is 13.7. The third-order valence-corrected chi connectivity index (χ3v) is 11.1. The quantitative estimate of drug-likeness (QED) is 0.567. The zero-order valence-corrected chi connectivity index (χ0v) is 21.8. The highest BCUT2D eigenvalue weighted by molar-refractivity contribution is 7.99. The highest BCUT2D eigenvalue weighted by Crippen LogP contribution is 2.66. The van der Waals surface area contributed by atoms with Gasteiger partial charge >= 0.3 is 0 Å². The molecule has 0 spiro atoms. The molecule has 4 aliphatic rings. The minimum Gasteiger partial charge on any atom is -0.381 e. The van der Waals surface area contributed by atoms with Gasteiger partial charge in [-0.15, -0.1) is 0 Å². The van der Waals surface area contributed by atoms with Crippen LogP contribution in [0.4, 0.5) is 0 Å². The molecule has 4 aliphatic carbocycles. The van der Waals surface area contributed by atoms with Crippen LogP contribution in [-0.4, -0.2) is 38.8 Å². The Morgan fingerprint density at radius 1 is 1.08 bits per heavy atom. The number of ketones is 3. The van der Waals surface area contributed by atoms with Gasteiger partial charge in [-0.05, 0) is 67.6 Å². The first-order valence-corrected chi connectivity index (χ1v) is 14.2. The fourth-order valence-electron chi connectivity index (χ4n) is 8.23. The molecule has 3 fully saturated rings. The highest BCUT2D eigenvalue weighted by Gasteiger charge is 2.68. The molecule has 3 saturated carbocycles. The molecule has 6 atom stereocenters. The number of nitrogens with zero attached hydrogens (tertiary/aromatic N) is 1. The van der Waals surface area contributed by atoms with E-state index in [-0.39, 0.29) is 52.7 Å². The monoisotopic (exact) mass is 503 g/mol. The molecule has 1 heterocycles. The van der Waals surface area contributed by atoms with E-state index in [1.165, 1.54) is 11.8 Å². The van der Waals surface area contributed by atoms with Gasteiger partial charge in [0.05, 0.1) is 16.3 Å². The standard InChI is InChI=1S/C30H33NO4S/c1-28-13-11-20(32)15-19(28)8-9-21-22-12-14-30(35,29(22,2)16-24(33)27(21)28)25(34)17-36-26-10-7-18-5-3-4-6-23(18)31-26/h3-7,10,15,21-22,27,35H,8-9,11-14,16-17H2,1-2H3/t21?,22?,27?,28?,29?,30-/m0/s1. The average molecular weight is 504 g/mol. The van der Waals surface area contributed by atoms with Crippen LogP contribution in [0.1, 0.15) is 58.8 Å². The molecule has 0 aliphatic heterocycles. The summed E-state index contributed by atoms with van der Waals surface area (Å²) in [4.78, 5) is 44.1. The number of carbonyl (C=O) groups is 3. The van der Waals surface area contributed by atoms with Crippen molar-refractivity contribution in [1.82, 2.24) is 4.98 Å². The van der Waals surface area contributed by atoms with Crippen molar-refractivity contribution in [1.29, 1.82) is 0 Å². The predicted octanol–water partition coefficient (Wildman–Crippen LogP) is 5.34. The van der Waals surface area contributed by atoms with E-state index < -0.39 is 11.0 Å². The molecule has 1 N–H and O–H groups in total. The maximum Gasteiger partial charge on any atom is 0.175 e. The van der Waals surface area contributed by atoms with Crippen LogP contribution in [0.2, 0.25) is 0 Å². The molecule has 0 radical (unpaired) electrons. The maximum absolute atomic E-state index is 13.8. The van der Waals surface area contributed by atoms with E-state index in [1.807, 2.05) is 43.3 Å². The summed E-state index contributed by atoms with van der Waals surface area (Å²) in [6, 6.07) is 11.8. The van der Waals surface area contributed by atoms with Crippen LogP contribution in [0.25, 0.3) is 10.9 Å². The molecule has 5 nitrogen and oxygen atoms in total. The van der Waals surface area contributed by atoms with Gasteiger partial charge in [-0.3, -0.25) is 14.4 Å². The number of benzene rings is 1. The molecule has 6 heteroatoms. The van der Waals surface area contributed by atoms with Crippen LogP contribution >= 0.6 is 11.8 Å². The van der Waals surface area contributed by atoms with Crippen LogP contribution in [-0.2, 0) is 14.4 Å². The minimum absolute atomic E-state index is 0.114. The first-order chi connectivity index (χ1) is 17.2. The number of hydrogen-bond acceptors (Lipinski definition) is 6. The lowest BCUT2D eigenvalue weighted by Gasteiger charge is -2.57. The first-order valence-electron chi connectivity index (χ1n) is 13.2. The number of thioether (sulfide) groups is 1. The summed E-state index contributed by atoms with van der Waals surface area (Å²) in [7, 11) is 0. The number of para-hydroxylation sites is 1. The van der Waals surface area contributed by atoms with E-state index in [0.29, 0.717) is 12.8 Å². The van der Waals surface area contributed by atoms with Crippen LogP contribution in [0, 0.1) is 28.6 Å². The number of pyridine rings is 1. The van der Waals surface area contributed by atoms with Gasteiger partial charge < -0.3 is 5.11 Å². The third kappa shape index (κ3) is 3.40. The van der Waals surface area contributed by atoms with Gasteiger partial charge in [0.25, 0.3) is 0 Å². The molecule has 1 aromatic heterocycles. The van der Waals surface area contributed by atoms with E-state index in [1.54, 1.807) is 6.08 Å². The molecule has 0 amide bonds. The molecule has 5 unspecified atom stereocenters. The zero-order valence-electron chi connectivity index (χ0n) is 21.0. The second-order valence-electron chi connectivity index (χ2n) is 11.9. The Kier molecular flexibility index (Phi) is 5.58. The van der Waals surface area contributed by atoms with Crippen molar-refractivity contribution < 1.29 is 19.5 Å². The second-order valence-corrected chi connectivity index (χ2v) is 12.8. The fourth-order valence-corrected chi connectivity index (χ4v) is 9.08. The van der Waals surface area contributed by atoms with Crippen LogP contribution in [0.3, 0.4) is 0 Å². The molecule has 0 saturated heterocycles. The van der Waals surface area contributed by atoms with Gasteiger partial charge in [-0.25, -0.2) is 4.98 Å². The third-order valence-electron chi connectivity index (χ3n) is 10.2. The summed E-state index contributed by atoms with van der Waals surface area (Å²) in [5.41, 5.74) is -0.490. The summed E-state index contributed by atoms with van der Waals surface area (Å²) in [6.45, 7) is 4.15.